The summed E-state index contributed by atoms with van der Waals surface area (Å²) in [5.74, 6) is -1.17. The minimum Gasteiger partial charge on any atom is -0.454 e. The molecule has 0 fully saturated rings. The number of hydrogen-bond acceptors (Lipinski definition) is 4. The van der Waals surface area contributed by atoms with Crippen molar-refractivity contribution in [1.82, 2.24) is 10.5 Å². The summed E-state index contributed by atoms with van der Waals surface area (Å²) < 4.78 is 5.54. The van der Waals surface area contributed by atoms with Gasteiger partial charge >= 0.3 is 5.97 Å². The molecule has 0 radical (unpaired) electrons. The molecular formula is C20H24N2O4. The summed E-state index contributed by atoms with van der Waals surface area (Å²) in [5.41, 5.74) is 4.63. The lowest BCUT2D eigenvalue weighted by atomic mass is 9.97. The van der Waals surface area contributed by atoms with Crippen LogP contribution in [-0.2, 0) is 19.2 Å². The van der Waals surface area contributed by atoms with Crippen LogP contribution in [0, 0.1) is 0 Å². The van der Waals surface area contributed by atoms with E-state index in [0.717, 1.165) is 35.9 Å². The van der Waals surface area contributed by atoms with Gasteiger partial charge in [-0.3, -0.25) is 9.63 Å². The van der Waals surface area contributed by atoms with E-state index in [-0.39, 0.29) is 5.57 Å². The Morgan fingerprint density at radius 1 is 1.27 bits per heavy atom. The first kappa shape index (κ1) is 18.2. The molecule has 3 rings (SSSR count). The van der Waals surface area contributed by atoms with Gasteiger partial charge in [0.25, 0.3) is 5.91 Å². The summed E-state index contributed by atoms with van der Waals surface area (Å²) in [6.07, 6.45) is 3.32. The monoisotopic (exact) mass is 356 g/mol. The first-order valence-electron chi connectivity index (χ1n) is 9.11. The molecule has 138 valence electrons. The Kier molecular flexibility index (Phi) is 5.73. The van der Waals surface area contributed by atoms with Crippen molar-refractivity contribution in [2.45, 2.75) is 45.6 Å². The van der Waals surface area contributed by atoms with Crippen LogP contribution in [0.4, 0.5) is 0 Å². The summed E-state index contributed by atoms with van der Waals surface area (Å²) in [6, 6.07) is 9.79. The highest BCUT2D eigenvalue weighted by atomic mass is 16.6. The number of fused-ring (bicyclic) bond motifs is 1. The molecule has 26 heavy (non-hydrogen) atoms. The highest BCUT2D eigenvalue weighted by molar-refractivity contribution is 6.24. The number of carbonyl (C=O) groups is 2. The van der Waals surface area contributed by atoms with Crippen LogP contribution in [-0.4, -0.2) is 29.6 Å². The summed E-state index contributed by atoms with van der Waals surface area (Å²) in [7, 11) is 0. The van der Waals surface area contributed by atoms with Crippen molar-refractivity contribution >= 4 is 28.4 Å². The molecular weight excluding hydrogens is 332 g/mol. The molecule has 2 heterocycles. The third-order valence-electron chi connectivity index (χ3n) is 4.47. The molecule has 0 spiro atoms. The molecule has 1 aromatic carbocycles. The number of nitrogens with one attached hydrogen (secondary N) is 2. The van der Waals surface area contributed by atoms with Crippen molar-refractivity contribution in [3.8, 4) is 0 Å². The first-order chi connectivity index (χ1) is 12.7. The van der Waals surface area contributed by atoms with Crippen LogP contribution in [0.1, 0.15) is 45.2 Å². The quantitative estimate of drug-likeness (QED) is 0.328. The fourth-order valence-corrected chi connectivity index (χ4v) is 3.23. The number of esters is 1. The van der Waals surface area contributed by atoms with Gasteiger partial charge in [0.05, 0.1) is 6.61 Å². The van der Waals surface area contributed by atoms with Crippen molar-refractivity contribution in [2.75, 3.05) is 6.61 Å². The van der Waals surface area contributed by atoms with Gasteiger partial charge < -0.3 is 9.72 Å². The maximum absolute atomic E-state index is 12.5. The zero-order valence-electron chi connectivity index (χ0n) is 15.1. The lowest BCUT2D eigenvalue weighted by Crippen LogP contribution is -2.28. The lowest BCUT2D eigenvalue weighted by Gasteiger charge is -2.13. The van der Waals surface area contributed by atoms with Crippen LogP contribution in [0.15, 0.2) is 35.9 Å². The number of aromatic amines is 1. The van der Waals surface area contributed by atoms with E-state index in [1.165, 1.54) is 0 Å². The third kappa shape index (κ3) is 3.65. The van der Waals surface area contributed by atoms with Crippen LogP contribution >= 0.6 is 0 Å². The van der Waals surface area contributed by atoms with E-state index in [0.29, 0.717) is 18.6 Å². The molecule has 6 nitrogen and oxygen atoms in total. The number of amides is 1. The van der Waals surface area contributed by atoms with Gasteiger partial charge in [0.1, 0.15) is 11.7 Å². The predicted octanol–water partition coefficient (Wildman–Crippen LogP) is 3.49. The standard InChI is InChI=1S/C20H24N2O4/c1-3-5-6-11-16-17(15-12-13-9-7-8-10-14(13)21-15)18(20(24)26-16)19(23)22-25-4-2/h7-10,12,16,21H,3-6,11H2,1-2H3,(H,22,23). The highest BCUT2D eigenvalue weighted by Crippen LogP contribution is 2.35. The summed E-state index contributed by atoms with van der Waals surface area (Å²) in [5, 5.41) is 1.02. The molecule has 6 heteroatoms. The van der Waals surface area contributed by atoms with Gasteiger partial charge in [-0.25, -0.2) is 10.3 Å². The second-order valence-corrected chi connectivity index (χ2v) is 6.31. The Morgan fingerprint density at radius 2 is 2.08 bits per heavy atom. The number of hydrogen-bond donors (Lipinski definition) is 2. The van der Waals surface area contributed by atoms with E-state index in [4.69, 9.17) is 9.57 Å². The SMILES string of the molecule is CCCCCC1OC(=O)C(C(=O)NOCC)=C1c1cc2ccccc2[nH]1. The number of carbonyl (C=O) groups excluding carboxylic acids is 2. The number of rotatable bonds is 8. The number of hydroxylamine groups is 1. The molecule has 1 atom stereocenters. The van der Waals surface area contributed by atoms with Gasteiger partial charge in [-0.1, -0.05) is 38.0 Å². The van der Waals surface area contributed by atoms with Crippen molar-refractivity contribution < 1.29 is 19.2 Å². The fraction of sp³-hybridized carbons (Fsp3) is 0.400. The van der Waals surface area contributed by atoms with Crippen LogP contribution in [0.2, 0.25) is 0 Å². The Labute approximate surface area is 152 Å². The number of cyclic esters (lactones) is 1. The Balaban J connectivity index is 2.01. The van der Waals surface area contributed by atoms with Crippen molar-refractivity contribution in [3.05, 3.63) is 41.6 Å². The van der Waals surface area contributed by atoms with E-state index in [1.54, 1.807) is 6.92 Å². The zero-order chi connectivity index (χ0) is 18.5. The van der Waals surface area contributed by atoms with Crippen LogP contribution in [0.5, 0.6) is 0 Å². The van der Waals surface area contributed by atoms with Crippen molar-refractivity contribution in [2.24, 2.45) is 0 Å². The van der Waals surface area contributed by atoms with E-state index in [1.807, 2.05) is 30.3 Å². The molecule has 2 N–H and O–H groups in total. The maximum atomic E-state index is 12.5. The molecule has 0 aliphatic carbocycles. The molecule has 1 aliphatic heterocycles. The average molecular weight is 356 g/mol. The summed E-state index contributed by atoms with van der Waals surface area (Å²) in [4.78, 5) is 33.2. The first-order valence-corrected chi connectivity index (χ1v) is 9.11. The largest absolute Gasteiger partial charge is 0.454 e. The van der Waals surface area contributed by atoms with Gasteiger partial charge in [-0.2, -0.15) is 0 Å². The van der Waals surface area contributed by atoms with E-state index in [9.17, 15) is 9.59 Å². The minimum absolute atomic E-state index is 0.0199. The molecule has 0 saturated carbocycles. The Hall–Kier alpha value is -2.60. The third-order valence-corrected chi connectivity index (χ3v) is 4.47. The van der Waals surface area contributed by atoms with E-state index >= 15 is 0 Å². The molecule has 1 amide bonds. The number of aromatic nitrogens is 1. The van der Waals surface area contributed by atoms with Gasteiger partial charge in [0, 0.05) is 16.8 Å². The second kappa shape index (κ2) is 8.19. The minimum atomic E-state index is -0.600. The zero-order valence-corrected chi connectivity index (χ0v) is 15.1. The topological polar surface area (TPSA) is 80.4 Å². The van der Waals surface area contributed by atoms with Gasteiger partial charge in [0.15, 0.2) is 0 Å². The smallest absolute Gasteiger partial charge is 0.344 e. The van der Waals surface area contributed by atoms with Gasteiger partial charge in [-0.05, 0) is 37.3 Å². The molecule has 1 aliphatic rings. The Bertz CT molecular complexity index is 804. The van der Waals surface area contributed by atoms with Gasteiger partial charge in [-0.15, -0.1) is 0 Å². The molecule has 0 saturated heterocycles. The van der Waals surface area contributed by atoms with Crippen molar-refractivity contribution in [3.63, 3.8) is 0 Å². The molecule has 1 unspecified atom stereocenters. The van der Waals surface area contributed by atoms with Crippen LogP contribution < -0.4 is 5.48 Å². The summed E-state index contributed by atoms with van der Waals surface area (Å²) in [6.45, 7) is 4.19. The number of benzene rings is 1. The number of para-hydroxylation sites is 1. The molecule has 0 bridgehead atoms. The fourth-order valence-electron chi connectivity index (χ4n) is 3.23. The second-order valence-electron chi connectivity index (χ2n) is 6.31. The predicted molar refractivity (Wildman–Crippen MR) is 99.0 cm³/mol. The van der Waals surface area contributed by atoms with Crippen LogP contribution in [0.3, 0.4) is 0 Å². The average Bonchev–Trinajstić information content (AvgIpc) is 3.20. The van der Waals surface area contributed by atoms with Crippen molar-refractivity contribution in [1.29, 1.82) is 0 Å². The number of H-pyrrole nitrogens is 1. The van der Waals surface area contributed by atoms with Gasteiger partial charge in [0.2, 0.25) is 0 Å². The highest BCUT2D eigenvalue weighted by Gasteiger charge is 2.39. The number of unbranched alkanes of at least 4 members (excludes halogenated alkanes) is 2. The van der Waals surface area contributed by atoms with E-state index < -0.39 is 18.0 Å². The molecule has 2 aromatic rings. The molecule has 1 aromatic heterocycles. The number of ether oxygens (including phenoxy) is 1. The maximum Gasteiger partial charge on any atom is 0.344 e. The van der Waals surface area contributed by atoms with E-state index in [2.05, 4.69) is 17.4 Å². The Morgan fingerprint density at radius 3 is 2.81 bits per heavy atom. The normalized spacial score (nSPS) is 17.0. The van der Waals surface area contributed by atoms with Crippen LogP contribution in [0.25, 0.3) is 16.5 Å². The lowest BCUT2D eigenvalue weighted by molar-refractivity contribution is -0.142. The summed E-state index contributed by atoms with van der Waals surface area (Å²) >= 11 is 0.